The van der Waals surface area contributed by atoms with Gasteiger partial charge in [0.25, 0.3) is 0 Å². The summed E-state index contributed by atoms with van der Waals surface area (Å²) in [6, 6.07) is 0. The molecular weight excluding hydrogens is 366 g/mol. The number of hydrogen-bond donors (Lipinski definition) is 3. The molecule has 29 heavy (non-hydrogen) atoms. The van der Waals surface area contributed by atoms with E-state index in [-0.39, 0.29) is 16.7 Å². The van der Waals surface area contributed by atoms with Crippen molar-refractivity contribution < 1.29 is 9.53 Å². The summed E-state index contributed by atoms with van der Waals surface area (Å²) in [7, 11) is 0. The van der Waals surface area contributed by atoms with Crippen molar-refractivity contribution in [2.24, 2.45) is 15.8 Å². The number of carbonyl (C=O) groups excluding carboxylic acids is 1. The van der Waals surface area contributed by atoms with Crippen LogP contribution in [-0.4, -0.2) is 75.8 Å². The topological polar surface area (TPSA) is 78.0 Å². The summed E-state index contributed by atoms with van der Waals surface area (Å²) in [5, 5.41) is 9.72. The van der Waals surface area contributed by atoms with E-state index in [2.05, 4.69) is 27.8 Å². The third kappa shape index (κ3) is 8.51. The summed E-state index contributed by atoms with van der Waals surface area (Å²) < 4.78 is 5.53. The number of hydrogen-bond acceptors (Lipinski definition) is 4. The first-order chi connectivity index (χ1) is 13.8. The third-order valence-electron chi connectivity index (χ3n) is 5.88. The maximum absolute atomic E-state index is 12.0. The first-order valence-electron chi connectivity index (χ1n) is 11.5. The molecule has 1 saturated heterocycles. The average Bonchev–Trinajstić information content (AvgIpc) is 2.70. The summed E-state index contributed by atoms with van der Waals surface area (Å²) in [5.41, 5.74) is -0.0795. The van der Waals surface area contributed by atoms with Crippen molar-refractivity contribution in [3.8, 4) is 0 Å². The number of nitrogens with zero attached hydrogens (tertiary/aromatic N) is 2. The molecule has 1 aliphatic heterocycles. The molecule has 1 saturated carbocycles. The zero-order valence-electron chi connectivity index (χ0n) is 19.1. The van der Waals surface area contributed by atoms with Crippen molar-refractivity contribution in [2.45, 2.75) is 59.8 Å². The van der Waals surface area contributed by atoms with E-state index in [0.717, 1.165) is 51.9 Å². The second kappa shape index (κ2) is 11.7. The van der Waals surface area contributed by atoms with Gasteiger partial charge < -0.3 is 20.7 Å². The highest BCUT2D eigenvalue weighted by Crippen LogP contribution is 2.37. The minimum absolute atomic E-state index is 0.0768. The lowest BCUT2D eigenvalue weighted by Gasteiger charge is -2.41. The quantitative estimate of drug-likeness (QED) is 0.325. The lowest BCUT2D eigenvalue weighted by Crippen LogP contribution is -2.47. The second-order valence-corrected chi connectivity index (χ2v) is 9.58. The first-order valence-corrected chi connectivity index (χ1v) is 11.5. The van der Waals surface area contributed by atoms with Crippen LogP contribution in [-0.2, 0) is 9.53 Å². The van der Waals surface area contributed by atoms with E-state index in [1.807, 2.05) is 20.8 Å². The molecule has 1 amide bonds. The molecule has 2 fully saturated rings. The van der Waals surface area contributed by atoms with Gasteiger partial charge in [0.15, 0.2) is 5.96 Å². The minimum atomic E-state index is -0.356. The van der Waals surface area contributed by atoms with Crippen LogP contribution >= 0.6 is 0 Å². The number of nitrogens with one attached hydrogen (secondary N) is 3. The number of amides is 1. The number of guanidine groups is 1. The van der Waals surface area contributed by atoms with Gasteiger partial charge in [-0.25, -0.2) is 0 Å². The Balaban J connectivity index is 1.89. The summed E-state index contributed by atoms with van der Waals surface area (Å²) in [6.07, 6.45) is 6.48. The van der Waals surface area contributed by atoms with Gasteiger partial charge in [0, 0.05) is 56.6 Å². The number of ether oxygens (including phenoxy) is 1. The van der Waals surface area contributed by atoms with Gasteiger partial charge in [-0.05, 0) is 19.8 Å². The molecule has 2 aliphatic rings. The maximum atomic E-state index is 12.0. The molecular formula is C22H43N5O2. The van der Waals surface area contributed by atoms with Crippen LogP contribution < -0.4 is 16.0 Å². The van der Waals surface area contributed by atoms with Gasteiger partial charge in [0.1, 0.15) is 0 Å². The van der Waals surface area contributed by atoms with Crippen molar-refractivity contribution >= 4 is 11.9 Å². The van der Waals surface area contributed by atoms with Gasteiger partial charge in [-0.3, -0.25) is 14.7 Å². The van der Waals surface area contributed by atoms with E-state index in [1.165, 1.54) is 32.1 Å². The van der Waals surface area contributed by atoms with Gasteiger partial charge >= 0.3 is 0 Å². The molecule has 0 spiro atoms. The Kier molecular flexibility index (Phi) is 9.69. The molecule has 0 atom stereocenters. The van der Waals surface area contributed by atoms with Crippen LogP contribution in [0.25, 0.3) is 0 Å². The molecule has 1 aliphatic carbocycles. The highest BCUT2D eigenvalue weighted by Gasteiger charge is 2.34. The Morgan fingerprint density at radius 1 is 1.03 bits per heavy atom. The highest BCUT2D eigenvalue weighted by molar-refractivity contribution is 5.81. The Morgan fingerprint density at radius 2 is 1.69 bits per heavy atom. The Labute approximate surface area is 177 Å². The van der Waals surface area contributed by atoms with Crippen LogP contribution in [0.4, 0.5) is 0 Å². The molecule has 7 nitrogen and oxygen atoms in total. The Bertz CT molecular complexity index is 518. The average molecular weight is 410 g/mol. The monoisotopic (exact) mass is 409 g/mol. The summed E-state index contributed by atoms with van der Waals surface area (Å²) >= 11 is 0. The first kappa shape index (κ1) is 23.9. The molecule has 0 aromatic rings. The standard InChI is InChI=1S/C22H43N5O2/c1-5-23-20(25-12-11-24-19(28)21(2,3)4)26-17-22(9-7-6-8-10-22)18-27-13-15-29-16-14-27/h5-18H2,1-4H3,(H,24,28)(H2,23,25,26). The molecule has 0 radical (unpaired) electrons. The third-order valence-corrected chi connectivity index (χ3v) is 5.88. The van der Waals surface area contributed by atoms with Gasteiger partial charge in [-0.15, -0.1) is 0 Å². The SMILES string of the molecule is CCNC(=NCC1(CN2CCOCC2)CCCCC1)NCCNC(=O)C(C)(C)C. The minimum Gasteiger partial charge on any atom is -0.379 e. The van der Waals surface area contributed by atoms with E-state index in [0.29, 0.717) is 13.1 Å². The van der Waals surface area contributed by atoms with Gasteiger partial charge in [-0.2, -0.15) is 0 Å². The molecule has 0 bridgehead atoms. The predicted octanol–water partition coefficient (Wildman–Crippen LogP) is 1.99. The molecule has 0 unspecified atom stereocenters. The van der Waals surface area contributed by atoms with Crippen LogP contribution in [0.15, 0.2) is 4.99 Å². The van der Waals surface area contributed by atoms with Crippen molar-refractivity contribution in [1.82, 2.24) is 20.9 Å². The summed E-state index contributed by atoms with van der Waals surface area (Å²) in [6.45, 7) is 15.7. The normalized spacial score (nSPS) is 20.9. The van der Waals surface area contributed by atoms with Crippen molar-refractivity contribution in [2.75, 3.05) is 59.0 Å². The fraction of sp³-hybridized carbons (Fsp3) is 0.909. The van der Waals surface area contributed by atoms with Crippen LogP contribution in [0.2, 0.25) is 0 Å². The number of aliphatic imine (C=N–C) groups is 1. The van der Waals surface area contributed by atoms with E-state index >= 15 is 0 Å². The van der Waals surface area contributed by atoms with Gasteiger partial charge in [0.2, 0.25) is 5.91 Å². The molecule has 168 valence electrons. The van der Waals surface area contributed by atoms with E-state index < -0.39 is 0 Å². The number of rotatable bonds is 8. The van der Waals surface area contributed by atoms with Crippen molar-refractivity contribution in [3.63, 3.8) is 0 Å². The Morgan fingerprint density at radius 3 is 2.31 bits per heavy atom. The summed E-state index contributed by atoms with van der Waals surface area (Å²) in [5.74, 6) is 0.928. The maximum Gasteiger partial charge on any atom is 0.225 e. The van der Waals surface area contributed by atoms with E-state index in [4.69, 9.17) is 9.73 Å². The lowest BCUT2D eigenvalue weighted by molar-refractivity contribution is -0.128. The highest BCUT2D eigenvalue weighted by atomic mass is 16.5. The molecule has 7 heteroatoms. The zero-order valence-corrected chi connectivity index (χ0v) is 19.1. The fourth-order valence-electron chi connectivity index (χ4n) is 4.11. The Hall–Kier alpha value is -1.34. The summed E-state index contributed by atoms with van der Waals surface area (Å²) in [4.78, 5) is 19.5. The van der Waals surface area contributed by atoms with E-state index in [9.17, 15) is 4.79 Å². The number of carbonyl (C=O) groups is 1. The smallest absolute Gasteiger partial charge is 0.225 e. The molecule has 1 heterocycles. The van der Waals surface area contributed by atoms with Crippen LogP contribution in [0.5, 0.6) is 0 Å². The zero-order chi connectivity index (χ0) is 21.2. The molecule has 0 aromatic carbocycles. The second-order valence-electron chi connectivity index (χ2n) is 9.58. The van der Waals surface area contributed by atoms with Crippen LogP contribution in [0, 0.1) is 10.8 Å². The lowest BCUT2D eigenvalue weighted by atomic mass is 9.73. The molecule has 0 aromatic heterocycles. The molecule has 2 rings (SSSR count). The van der Waals surface area contributed by atoms with Crippen molar-refractivity contribution in [3.05, 3.63) is 0 Å². The fourth-order valence-corrected chi connectivity index (χ4v) is 4.11. The van der Waals surface area contributed by atoms with Crippen molar-refractivity contribution in [1.29, 1.82) is 0 Å². The van der Waals surface area contributed by atoms with Crippen LogP contribution in [0.3, 0.4) is 0 Å². The largest absolute Gasteiger partial charge is 0.379 e. The van der Waals surface area contributed by atoms with Crippen LogP contribution in [0.1, 0.15) is 59.8 Å². The predicted molar refractivity (Wildman–Crippen MR) is 119 cm³/mol. The number of morpholine rings is 1. The molecule has 3 N–H and O–H groups in total. The van der Waals surface area contributed by atoms with Gasteiger partial charge in [0.05, 0.1) is 13.2 Å². The van der Waals surface area contributed by atoms with E-state index in [1.54, 1.807) is 0 Å². The van der Waals surface area contributed by atoms with Gasteiger partial charge in [-0.1, -0.05) is 40.0 Å².